The van der Waals surface area contributed by atoms with Crippen molar-refractivity contribution in [3.05, 3.63) is 64.6 Å². The van der Waals surface area contributed by atoms with Crippen LogP contribution in [0.5, 0.6) is 0 Å². The summed E-state index contributed by atoms with van der Waals surface area (Å²) >= 11 is 3.37. The number of nitrogens with zero attached hydrogens (tertiary/aromatic N) is 4. The molecular weight excluding hydrogens is 410 g/mol. The Labute approximate surface area is 164 Å². The standard InChI is InChI=1S/C19H18BrN5O2/c1-13(26)17(11-14-5-3-2-4-6-14)21-18(27)12-25-23-19(22-24-25)15-7-9-16(20)10-8-15/h2-10,17H,11-12H2,1H3,(H,21,27). The lowest BCUT2D eigenvalue weighted by Crippen LogP contribution is -2.43. The van der Waals surface area contributed by atoms with Gasteiger partial charge in [0.15, 0.2) is 5.78 Å². The largest absolute Gasteiger partial charge is 0.344 e. The summed E-state index contributed by atoms with van der Waals surface area (Å²) in [7, 11) is 0. The van der Waals surface area contributed by atoms with E-state index in [1.165, 1.54) is 11.7 Å². The molecule has 0 saturated carbocycles. The molecule has 138 valence electrons. The number of rotatable bonds is 7. The number of Topliss-reactive ketones (excluding diaryl/α,β-unsaturated/α-hetero) is 1. The van der Waals surface area contributed by atoms with Gasteiger partial charge in [0, 0.05) is 10.0 Å². The maximum Gasteiger partial charge on any atom is 0.244 e. The summed E-state index contributed by atoms with van der Waals surface area (Å²) in [6.07, 6.45) is 0.441. The molecule has 0 aliphatic rings. The molecule has 3 rings (SSSR count). The summed E-state index contributed by atoms with van der Waals surface area (Å²) in [4.78, 5) is 25.4. The highest BCUT2D eigenvalue weighted by molar-refractivity contribution is 9.10. The van der Waals surface area contributed by atoms with Gasteiger partial charge in [-0.1, -0.05) is 46.3 Å². The molecule has 8 heteroatoms. The first-order valence-electron chi connectivity index (χ1n) is 8.39. The third-order valence-electron chi connectivity index (χ3n) is 3.95. The van der Waals surface area contributed by atoms with Crippen LogP contribution in [-0.4, -0.2) is 37.9 Å². The smallest absolute Gasteiger partial charge is 0.244 e. The van der Waals surface area contributed by atoms with E-state index in [0.717, 1.165) is 15.6 Å². The first-order chi connectivity index (χ1) is 13.0. The van der Waals surface area contributed by atoms with Crippen molar-refractivity contribution in [3.63, 3.8) is 0 Å². The van der Waals surface area contributed by atoms with Crippen molar-refractivity contribution in [3.8, 4) is 11.4 Å². The fourth-order valence-electron chi connectivity index (χ4n) is 2.54. The summed E-state index contributed by atoms with van der Waals surface area (Å²) in [5.41, 5.74) is 1.78. The van der Waals surface area contributed by atoms with E-state index in [-0.39, 0.29) is 18.2 Å². The Morgan fingerprint density at radius 1 is 1.11 bits per heavy atom. The fraction of sp³-hybridized carbons (Fsp3) is 0.211. The molecule has 1 N–H and O–H groups in total. The molecule has 0 fully saturated rings. The summed E-state index contributed by atoms with van der Waals surface area (Å²) in [5.74, 6) is -0.0112. The van der Waals surface area contributed by atoms with Gasteiger partial charge in [-0.05, 0) is 48.4 Å². The minimum absolute atomic E-state index is 0.102. The third kappa shape index (κ3) is 5.30. The van der Waals surface area contributed by atoms with Crippen LogP contribution in [0.2, 0.25) is 0 Å². The summed E-state index contributed by atoms with van der Waals surface area (Å²) in [6.45, 7) is 1.36. The van der Waals surface area contributed by atoms with Crippen LogP contribution >= 0.6 is 15.9 Å². The van der Waals surface area contributed by atoms with Crippen molar-refractivity contribution in [2.75, 3.05) is 0 Å². The van der Waals surface area contributed by atoms with Crippen molar-refractivity contribution < 1.29 is 9.59 Å². The predicted molar refractivity (Wildman–Crippen MR) is 104 cm³/mol. The van der Waals surface area contributed by atoms with Crippen LogP contribution in [0.1, 0.15) is 12.5 Å². The van der Waals surface area contributed by atoms with E-state index in [4.69, 9.17) is 0 Å². The minimum atomic E-state index is -0.589. The van der Waals surface area contributed by atoms with Crippen molar-refractivity contribution >= 4 is 27.6 Å². The van der Waals surface area contributed by atoms with Gasteiger partial charge in [0.1, 0.15) is 6.54 Å². The van der Waals surface area contributed by atoms with E-state index in [1.54, 1.807) is 0 Å². The Balaban J connectivity index is 1.62. The number of hydrogen-bond donors (Lipinski definition) is 1. The van der Waals surface area contributed by atoms with Crippen molar-refractivity contribution in [1.29, 1.82) is 0 Å². The van der Waals surface area contributed by atoms with Gasteiger partial charge >= 0.3 is 0 Å². The predicted octanol–water partition coefficient (Wildman–Crippen LogP) is 2.42. The maximum absolute atomic E-state index is 12.3. The molecule has 0 spiro atoms. The topological polar surface area (TPSA) is 89.8 Å². The lowest BCUT2D eigenvalue weighted by Gasteiger charge is -2.15. The molecule has 1 aromatic heterocycles. The number of carbonyl (C=O) groups is 2. The SMILES string of the molecule is CC(=O)C(Cc1ccccc1)NC(=O)Cn1nnc(-c2ccc(Br)cc2)n1. The van der Waals surface area contributed by atoms with Crippen LogP contribution in [-0.2, 0) is 22.6 Å². The molecule has 1 atom stereocenters. The highest BCUT2D eigenvalue weighted by Crippen LogP contribution is 2.17. The molecule has 1 heterocycles. The lowest BCUT2D eigenvalue weighted by molar-refractivity contribution is -0.127. The van der Waals surface area contributed by atoms with E-state index >= 15 is 0 Å². The van der Waals surface area contributed by atoms with Crippen LogP contribution < -0.4 is 5.32 Å². The molecule has 27 heavy (non-hydrogen) atoms. The first kappa shape index (κ1) is 18.9. The Hall–Kier alpha value is -2.87. The second-order valence-electron chi connectivity index (χ2n) is 6.07. The minimum Gasteiger partial charge on any atom is -0.344 e. The van der Waals surface area contributed by atoms with Gasteiger partial charge in [-0.2, -0.15) is 4.80 Å². The zero-order valence-corrected chi connectivity index (χ0v) is 16.3. The molecule has 0 radical (unpaired) electrons. The quantitative estimate of drug-likeness (QED) is 0.625. The molecule has 2 aromatic carbocycles. The molecule has 0 aliphatic carbocycles. The van der Waals surface area contributed by atoms with Crippen molar-refractivity contribution in [2.24, 2.45) is 0 Å². The Kier molecular flexibility index (Phi) is 6.08. The van der Waals surface area contributed by atoms with Gasteiger partial charge in [-0.15, -0.1) is 10.2 Å². The molecule has 1 amide bonds. The lowest BCUT2D eigenvalue weighted by atomic mass is 10.0. The van der Waals surface area contributed by atoms with Gasteiger partial charge in [-0.25, -0.2) is 0 Å². The van der Waals surface area contributed by atoms with Gasteiger partial charge in [0.2, 0.25) is 11.7 Å². The average Bonchev–Trinajstić information content (AvgIpc) is 3.11. The molecule has 1 unspecified atom stereocenters. The van der Waals surface area contributed by atoms with E-state index < -0.39 is 6.04 Å². The zero-order chi connectivity index (χ0) is 19.2. The molecule has 0 aliphatic heterocycles. The first-order valence-corrected chi connectivity index (χ1v) is 9.18. The van der Waals surface area contributed by atoms with Gasteiger partial charge in [0.05, 0.1) is 6.04 Å². The Morgan fingerprint density at radius 2 is 1.81 bits per heavy atom. The number of hydrogen-bond acceptors (Lipinski definition) is 5. The van der Waals surface area contributed by atoms with Crippen molar-refractivity contribution in [2.45, 2.75) is 25.9 Å². The highest BCUT2D eigenvalue weighted by atomic mass is 79.9. The summed E-state index contributed by atoms with van der Waals surface area (Å²) < 4.78 is 0.951. The number of ketones is 1. The molecule has 0 saturated heterocycles. The van der Waals surface area contributed by atoms with Crippen LogP contribution in [0, 0.1) is 0 Å². The molecular formula is C19H18BrN5O2. The Morgan fingerprint density at radius 3 is 2.48 bits per heavy atom. The third-order valence-corrected chi connectivity index (χ3v) is 4.48. The number of halogens is 1. The summed E-state index contributed by atoms with van der Waals surface area (Å²) in [6, 6.07) is 16.4. The number of amides is 1. The highest BCUT2D eigenvalue weighted by Gasteiger charge is 2.18. The van der Waals surface area contributed by atoms with Crippen LogP contribution in [0.25, 0.3) is 11.4 Å². The second kappa shape index (κ2) is 8.68. The molecule has 0 bridgehead atoms. The second-order valence-corrected chi connectivity index (χ2v) is 6.99. The fourth-order valence-corrected chi connectivity index (χ4v) is 2.80. The van der Waals surface area contributed by atoms with E-state index in [1.807, 2.05) is 54.6 Å². The maximum atomic E-state index is 12.3. The number of nitrogens with one attached hydrogen (secondary N) is 1. The van der Waals surface area contributed by atoms with E-state index in [9.17, 15) is 9.59 Å². The average molecular weight is 428 g/mol. The number of carbonyl (C=O) groups excluding carboxylic acids is 2. The van der Waals surface area contributed by atoms with Crippen molar-refractivity contribution in [1.82, 2.24) is 25.5 Å². The molecule has 3 aromatic rings. The molecule has 7 nitrogen and oxygen atoms in total. The number of aromatic nitrogens is 4. The van der Waals surface area contributed by atoms with Crippen LogP contribution in [0.3, 0.4) is 0 Å². The monoisotopic (exact) mass is 427 g/mol. The van der Waals surface area contributed by atoms with Crippen LogP contribution in [0.15, 0.2) is 59.1 Å². The number of benzene rings is 2. The van der Waals surface area contributed by atoms with E-state index in [0.29, 0.717) is 12.2 Å². The van der Waals surface area contributed by atoms with Gasteiger partial charge in [-0.3, -0.25) is 9.59 Å². The summed E-state index contributed by atoms with van der Waals surface area (Å²) in [5, 5.41) is 14.8. The van der Waals surface area contributed by atoms with Gasteiger partial charge < -0.3 is 5.32 Å². The normalized spacial score (nSPS) is 11.8. The van der Waals surface area contributed by atoms with Crippen LogP contribution in [0.4, 0.5) is 0 Å². The van der Waals surface area contributed by atoms with Gasteiger partial charge in [0.25, 0.3) is 0 Å². The number of tetrazole rings is 1. The van der Waals surface area contributed by atoms with E-state index in [2.05, 4.69) is 36.7 Å². The zero-order valence-electron chi connectivity index (χ0n) is 14.7. The Bertz CT molecular complexity index is 925.